The van der Waals surface area contributed by atoms with Crippen LogP contribution < -0.4 is 63.3 Å². The Kier molecular flexibility index (Phi) is 39.9. The molecule has 0 aliphatic rings. The van der Waals surface area contributed by atoms with E-state index >= 15 is 0 Å². The fourth-order valence-electron chi connectivity index (χ4n) is 9.54. The second-order valence-electron chi connectivity index (χ2n) is 24.2. The Balaban J connectivity index is 0.000000369. The number of ether oxygens (including phenoxy) is 3. The first-order valence-corrected chi connectivity index (χ1v) is 39.6. The summed E-state index contributed by atoms with van der Waals surface area (Å²) in [5, 5.41) is 10.4. The Morgan fingerprint density at radius 3 is 0.684 bits per heavy atom. The van der Waals surface area contributed by atoms with Gasteiger partial charge in [0.05, 0.1) is 16.7 Å². The van der Waals surface area contributed by atoms with Crippen LogP contribution in [0.5, 0.6) is 17.2 Å². The minimum Gasteiger partial charge on any atom is -0.426 e. The van der Waals surface area contributed by atoms with Crippen molar-refractivity contribution in [2.24, 2.45) is 17.2 Å². The summed E-state index contributed by atoms with van der Waals surface area (Å²) in [7, 11) is 0. The summed E-state index contributed by atoms with van der Waals surface area (Å²) in [5.74, 6) is -14.7. The number of nitrogens with one attached hydrogen (secondary N) is 6. The van der Waals surface area contributed by atoms with Crippen LogP contribution in [0.25, 0.3) is 33.4 Å². The molecule has 12 N–H and O–H groups in total. The lowest BCUT2D eigenvalue weighted by Gasteiger charge is -2.18. The molecule has 6 rings (SSSR count). The number of carbonyl (C=O) groups excluding carboxylic acids is 18. The van der Waals surface area contributed by atoms with E-state index in [9.17, 15) is 113 Å². The van der Waals surface area contributed by atoms with Gasteiger partial charge in [0.2, 0.25) is 83.9 Å². The van der Waals surface area contributed by atoms with Crippen molar-refractivity contribution in [3.63, 3.8) is 0 Å². The van der Waals surface area contributed by atoms with Crippen LogP contribution in [0.1, 0.15) is 93.4 Å². The van der Waals surface area contributed by atoms with Gasteiger partial charge in [-0.25, -0.2) is 26.3 Å². The second-order valence-corrected chi connectivity index (χ2v) is 30.2. The number of rotatable bonds is 33. The average Bonchev–Trinajstić information content (AvgIpc) is 0.815. The number of primary amides is 3. The molecule has 0 aliphatic carbocycles. The maximum absolute atomic E-state index is 14.3. The van der Waals surface area contributed by atoms with E-state index in [-0.39, 0.29) is 102 Å². The van der Waals surface area contributed by atoms with Gasteiger partial charge in [0.25, 0.3) is 0 Å². The lowest BCUT2D eigenvalue weighted by Crippen LogP contribution is -2.46. The van der Waals surface area contributed by atoms with E-state index in [1.165, 1.54) is 114 Å². The van der Waals surface area contributed by atoms with Crippen LogP contribution in [0.4, 0.5) is 26.3 Å². The summed E-state index contributed by atoms with van der Waals surface area (Å²) in [4.78, 5) is 216. The predicted octanol–water partition coefficient (Wildman–Crippen LogP) is 6.56. The van der Waals surface area contributed by atoms with Crippen LogP contribution >= 0.6 is 70.6 Å². The predicted molar refractivity (Wildman–Crippen MR) is 425 cm³/mol. The molecular formula is C75H75F6N9O21S6. The highest BCUT2D eigenvalue weighted by Crippen LogP contribution is 2.36. The molecule has 117 heavy (non-hydrogen) atoms. The zero-order valence-corrected chi connectivity index (χ0v) is 68.0. The molecule has 0 saturated heterocycles. The highest BCUT2D eigenvalue weighted by atomic mass is 32.2. The first kappa shape index (κ1) is 98.0. The lowest BCUT2D eigenvalue weighted by atomic mass is 10.0. The van der Waals surface area contributed by atoms with E-state index in [2.05, 4.69) is 31.9 Å². The molecule has 6 aromatic carbocycles. The largest absolute Gasteiger partial charge is 0.426 e. The maximum Gasteiger partial charge on any atom is 0.308 e. The molecule has 0 spiro atoms. The number of hydrogen-bond donors (Lipinski definition) is 9. The van der Waals surface area contributed by atoms with Gasteiger partial charge in [-0.3, -0.25) is 86.3 Å². The van der Waals surface area contributed by atoms with E-state index in [1.54, 1.807) is 0 Å². The Morgan fingerprint density at radius 1 is 0.291 bits per heavy atom. The van der Waals surface area contributed by atoms with Crippen molar-refractivity contribution in [3.05, 3.63) is 161 Å². The van der Waals surface area contributed by atoms with Gasteiger partial charge in [0.1, 0.15) is 88.4 Å². The first-order chi connectivity index (χ1) is 54.8. The Hall–Kier alpha value is -11.3. The fraction of sp³-hybridized carbons (Fsp3) is 0.280. The number of nitrogens with two attached hydrogens (primary N) is 3. The zero-order valence-electron chi connectivity index (χ0n) is 63.1. The normalized spacial score (nSPS) is 12.1. The van der Waals surface area contributed by atoms with Crippen LogP contribution in [0, 0.1) is 34.9 Å². The minimum absolute atomic E-state index is 0.00398. The lowest BCUT2D eigenvalue weighted by molar-refractivity contribution is -0.132. The fourth-order valence-corrected chi connectivity index (χ4v) is 15.2. The summed E-state index contributed by atoms with van der Waals surface area (Å²) in [5.41, 5.74) is 15.9. The molecule has 0 radical (unpaired) electrons. The second kappa shape index (κ2) is 47.6. The van der Waals surface area contributed by atoms with Crippen LogP contribution in [-0.2, 0) is 71.9 Å². The van der Waals surface area contributed by atoms with E-state index in [4.69, 9.17) is 31.4 Å². The number of carbonyl (C=O) groups is 18. The quantitative estimate of drug-likeness (QED) is 0.0120. The third-order valence-electron chi connectivity index (χ3n) is 14.6. The van der Waals surface area contributed by atoms with Crippen molar-refractivity contribution in [1.82, 2.24) is 31.9 Å². The summed E-state index contributed by atoms with van der Waals surface area (Å²) in [6.45, 7) is 10.4. The molecule has 0 saturated carbocycles. The highest BCUT2D eigenvalue weighted by molar-refractivity contribution is 8.16. The van der Waals surface area contributed by atoms with Gasteiger partial charge >= 0.3 is 17.9 Å². The molecule has 0 aromatic heterocycles. The van der Waals surface area contributed by atoms with Crippen molar-refractivity contribution in [2.75, 3.05) is 34.5 Å². The summed E-state index contributed by atoms with van der Waals surface area (Å²) < 4.78 is 98.4. The zero-order chi connectivity index (χ0) is 87.8. The Morgan fingerprint density at radius 2 is 0.496 bits per heavy atom. The van der Waals surface area contributed by atoms with Gasteiger partial charge in [-0.1, -0.05) is 88.8 Å². The molecule has 0 aliphatic heterocycles. The highest BCUT2D eigenvalue weighted by Gasteiger charge is 2.31. The molecule has 0 heterocycles. The standard InChI is InChI=1S/3C25H25F2N3O7S2/c3*1-12(31)29-20(23(28)34)10-39-25(36)21(30-13(2)32)11-38-24(35)18-8-15(4-7-22(18)37-14(3)33)17-6-5-16(26)9-19(17)27/h3*4-9,20-21H,10-11H2,1-3H3,(H2,28,34)(H,29,31)(H,30,32)/t2*20-,21-;/m10./s1. The summed E-state index contributed by atoms with van der Waals surface area (Å²) in [6.07, 6.45) is 0. The van der Waals surface area contributed by atoms with Crippen LogP contribution in [0.2, 0.25) is 0 Å². The van der Waals surface area contributed by atoms with Crippen molar-refractivity contribution in [2.45, 2.75) is 98.6 Å². The molecule has 9 amide bonds. The van der Waals surface area contributed by atoms with Crippen molar-refractivity contribution < 1.29 is 127 Å². The molecule has 0 bridgehead atoms. The molecule has 42 heteroatoms. The van der Waals surface area contributed by atoms with E-state index in [0.29, 0.717) is 88.8 Å². The first-order valence-electron chi connectivity index (χ1n) is 33.7. The van der Waals surface area contributed by atoms with E-state index in [1.807, 2.05) is 0 Å². The average molecular weight is 1740 g/mol. The van der Waals surface area contributed by atoms with Crippen molar-refractivity contribution >= 4 is 172 Å². The van der Waals surface area contributed by atoms with Gasteiger partial charge in [-0.2, -0.15) is 0 Å². The smallest absolute Gasteiger partial charge is 0.308 e. The molecule has 6 atom stereocenters. The van der Waals surface area contributed by atoms with Gasteiger partial charge in [-0.15, -0.1) is 0 Å². The molecule has 624 valence electrons. The van der Waals surface area contributed by atoms with Gasteiger partial charge in [-0.05, 0) is 89.5 Å². The Bertz CT molecular complexity index is 4390. The minimum atomic E-state index is -1.18. The number of benzene rings is 6. The topological polar surface area (TPSA) is 485 Å². The van der Waals surface area contributed by atoms with E-state index < -0.39 is 173 Å². The molecule has 2 unspecified atom stereocenters. The molecule has 0 fully saturated rings. The van der Waals surface area contributed by atoms with Crippen molar-refractivity contribution in [1.29, 1.82) is 0 Å². The van der Waals surface area contributed by atoms with E-state index in [0.717, 1.165) is 39.0 Å². The third kappa shape index (κ3) is 33.8. The SMILES string of the molecule is CC(=O)NC(CSC(=O)C(CSC(=O)c1cc(-c2ccc(F)cc2F)ccc1OC(C)=O)NC(C)=O)C(N)=O.CC(=O)N[C@@H](CSC(=O)[C@H](CSC(=O)c1cc(-c2ccc(F)cc2F)ccc1OC(C)=O)NC(C)=O)C(N)=O.CC(=O)N[C@H](CSC(=O)[C@@H](CSC(=O)c1cc(-c2ccc(F)cc2F)ccc1OC(C)=O)NC(C)=O)C(N)=O. The van der Waals surface area contributed by atoms with Crippen LogP contribution in [0.3, 0.4) is 0 Å². The van der Waals surface area contributed by atoms with Crippen LogP contribution in [0.15, 0.2) is 109 Å². The Labute approximate surface area is 688 Å². The number of amides is 9. The number of esters is 3. The molecule has 6 aromatic rings. The maximum atomic E-state index is 14.3. The van der Waals surface area contributed by atoms with Gasteiger partial charge in [0.15, 0.2) is 0 Å². The number of halogens is 6. The molecular weight excluding hydrogens is 1670 g/mol. The monoisotopic (exact) mass is 1740 g/mol. The third-order valence-corrected chi connectivity index (χ3v) is 20.7. The summed E-state index contributed by atoms with van der Waals surface area (Å²) in [6, 6.07) is 13.6. The van der Waals surface area contributed by atoms with Crippen molar-refractivity contribution in [3.8, 4) is 50.6 Å². The van der Waals surface area contributed by atoms with Gasteiger partial charge in [0, 0.05) is 132 Å². The van der Waals surface area contributed by atoms with Crippen LogP contribution in [-0.4, -0.2) is 173 Å². The van der Waals surface area contributed by atoms with Gasteiger partial charge < -0.3 is 63.3 Å². The molecule has 30 nitrogen and oxygen atoms in total. The number of thioether (sulfide) groups is 6. The summed E-state index contributed by atoms with van der Waals surface area (Å²) >= 11 is 3.74. The number of hydrogen-bond acceptors (Lipinski definition) is 27.